The van der Waals surface area contributed by atoms with Crippen LogP contribution < -0.4 is 10.6 Å². The number of amides is 2. The lowest BCUT2D eigenvalue weighted by atomic mass is 10.2. The molecule has 1 aliphatic rings. The van der Waals surface area contributed by atoms with E-state index in [0.717, 1.165) is 28.8 Å². The monoisotopic (exact) mass is 334 g/mol. The molecule has 0 spiro atoms. The third kappa shape index (κ3) is 2.92. The van der Waals surface area contributed by atoms with E-state index in [0.29, 0.717) is 16.6 Å². The molecule has 1 heterocycles. The number of rotatable bonds is 3. The molecule has 0 bridgehead atoms. The highest BCUT2D eigenvalue weighted by Crippen LogP contribution is 2.36. The number of nitrogens with zero attached hydrogens (tertiary/aromatic N) is 1. The van der Waals surface area contributed by atoms with E-state index >= 15 is 0 Å². The van der Waals surface area contributed by atoms with Crippen LogP contribution >= 0.6 is 11.8 Å². The largest absolute Gasteiger partial charge is 0.398 e. The number of carbonyl (C=O) groups excluding carboxylic acids is 2. The second kappa shape index (κ2) is 6.00. The number of carbonyl (C=O) groups is 2. The van der Waals surface area contributed by atoms with Crippen molar-refractivity contribution < 1.29 is 18.4 Å². The van der Waals surface area contributed by atoms with Crippen LogP contribution in [-0.4, -0.2) is 17.1 Å². The Balaban J connectivity index is 1.87. The maximum absolute atomic E-state index is 13.9. The summed E-state index contributed by atoms with van der Waals surface area (Å²) in [6.45, 7) is 0. The Labute approximate surface area is 135 Å². The van der Waals surface area contributed by atoms with Crippen LogP contribution in [0.25, 0.3) is 0 Å². The van der Waals surface area contributed by atoms with E-state index in [4.69, 9.17) is 5.73 Å². The molecule has 0 aliphatic carbocycles. The molecule has 0 aromatic heterocycles. The zero-order chi connectivity index (χ0) is 16.6. The fourth-order valence-corrected chi connectivity index (χ4v) is 3.45. The highest BCUT2D eigenvalue weighted by molar-refractivity contribution is 8.00. The van der Waals surface area contributed by atoms with E-state index in [-0.39, 0.29) is 12.1 Å². The van der Waals surface area contributed by atoms with Crippen LogP contribution in [0.5, 0.6) is 0 Å². The minimum atomic E-state index is -0.948. The van der Waals surface area contributed by atoms with Gasteiger partial charge in [0.05, 0.1) is 10.9 Å². The second-order valence-electron chi connectivity index (χ2n) is 5.01. The Kier molecular flexibility index (Phi) is 4.04. The summed E-state index contributed by atoms with van der Waals surface area (Å²) in [5, 5.41) is -0.684. The Morgan fingerprint density at radius 2 is 1.87 bits per heavy atom. The lowest BCUT2D eigenvalue weighted by molar-refractivity contribution is -0.121. The molecule has 0 unspecified atom stereocenters. The van der Waals surface area contributed by atoms with Gasteiger partial charge in [0.25, 0.3) is 0 Å². The fourth-order valence-electron chi connectivity index (χ4n) is 2.35. The van der Waals surface area contributed by atoms with Crippen molar-refractivity contribution in [2.75, 3.05) is 10.6 Å². The van der Waals surface area contributed by atoms with Crippen molar-refractivity contribution in [3.63, 3.8) is 0 Å². The van der Waals surface area contributed by atoms with Gasteiger partial charge in [-0.3, -0.25) is 9.59 Å². The molecule has 0 radical (unpaired) electrons. The van der Waals surface area contributed by atoms with Gasteiger partial charge in [-0.1, -0.05) is 12.1 Å². The smallest absolute Gasteiger partial charge is 0.247 e. The summed E-state index contributed by atoms with van der Waals surface area (Å²) in [7, 11) is 0. The Morgan fingerprint density at radius 1 is 1.13 bits per heavy atom. The third-order valence-electron chi connectivity index (χ3n) is 3.44. The summed E-state index contributed by atoms with van der Waals surface area (Å²) in [5.41, 5.74) is 6.11. The number of thioether (sulfide) groups is 1. The topological polar surface area (TPSA) is 63.4 Å². The van der Waals surface area contributed by atoms with Gasteiger partial charge in [-0.25, -0.2) is 13.7 Å². The van der Waals surface area contributed by atoms with Crippen molar-refractivity contribution in [1.29, 1.82) is 0 Å². The molecular formula is C16H12F2N2O2S. The minimum absolute atomic E-state index is 0.0609. The average Bonchev–Trinajstić information content (AvgIpc) is 2.77. The number of benzene rings is 2. The first-order valence-electron chi connectivity index (χ1n) is 6.80. The number of imide groups is 1. The van der Waals surface area contributed by atoms with E-state index in [9.17, 15) is 18.4 Å². The number of para-hydroxylation sites is 1. The molecule has 3 rings (SSSR count). The molecule has 0 saturated carbocycles. The van der Waals surface area contributed by atoms with Gasteiger partial charge in [0, 0.05) is 23.1 Å². The van der Waals surface area contributed by atoms with Crippen LogP contribution in [0.3, 0.4) is 0 Å². The summed E-state index contributed by atoms with van der Waals surface area (Å²) in [5.74, 6) is -2.77. The lowest BCUT2D eigenvalue weighted by Gasteiger charge is -2.16. The molecule has 7 heteroatoms. The SMILES string of the molecule is Nc1ccccc1S[C@@H]1CC(=O)N(c2ccc(F)cc2F)C1=O. The normalized spacial score (nSPS) is 17.8. The van der Waals surface area contributed by atoms with Crippen molar-refractivity contribution in [3.8, 4) is 0 Å². The number of nitrogens with two attached hydrogens (primary N) is 1. The van der Waals surface area contributed by atoms with Gasteiger partial charge in [-0.15, -0.1) is 11.8 Å². The maximum Gasteiger partial charge on any atom is 0.247 e. The van der Waals surface area contributed by atoms with Gasteiger partial charge in [-0.2, -0.15) is 0 Å². The van der Waals surface area contributed by atoms with Gasteiger partial charge in [0.15, 0.2) is 0 Å². The summed E-state index contributed by atoms with van der Waals surface area (Å²) in [6.07, 6.45) is -0.0609. The fraction of sp³-hybridized carbons (Fsp3) is 0.125. The van der Waals surface area contributed by atoms with Crippen LogP contribution in [0, 0.1) is 11.6 Å². The van der Waals surface area contributed by atoms with E-state index in [1.54, 1.807) is 24.3 Å². The number of hydrogen-bond acceptors (Lipinski definition) is 4. The molecule has 1 saturated heterocycles. The Hall–Kier alpha value is -2.41. The molecule has 1 aliphatic heterocycles. The van der Waals surface area contributed by atoms with E-state index in [1.165, 1.54) is 0 Å². The van der Waals surface area contributed by atoms with Crippen LogP contribution in [0.2, 0.25) is 0 Å². The molecule has 1 atom stereocenters. The van der Waals surface area contributed by atoms with Gasteiger partial charge in [0.2, 0.25) is 11.8 Å². The van der Waals surface area contributed by atoms with E-state index in [2.05, 4.69) is 0 Å². The summed E-state index contributed by atoms with van der Waals surface area (Å²) >= 11 is 1.16. The van der Waals surface area contributed by atoms with Gasteiger partial charge >= 0.3 is 0 Å². The van der Waals surface area contributed by atoms with Crippen LogP contribution in [0.15, 0.2) is 47.4 Å². The molecule has 23 heavy (non-hydrogen) atoms. The standard InChI is InChI=1S/C16H12F2N2O2S/c17-9-5-6-12(10(18)7-9)20-15(21)8-14(16(20)22)23-13-4-2-1-3-11(13)19/h1-7,14H,8,19H2/t14-/m1/s1. The summed E-state index contributed by atoms with van der Waals surface area (Å²) in [4.78, 5) is 26.0. The highest BCUT2D eigenvalue weighted by atomic mass is 32.2. The summed E-state index contributed by atoms with van der Waals surface area (Å²) in [6, 6.07) is 9.73. The average molecular weight is 334 g/mol. The number of halogens is 2. The second-order valence-corrected chi connectivity index (χ2v) is 6.26. The first-order valence-corrected chi connectivity index (χ1v) is 7.68. The van der Waals surface area contributed by atoms with E-state index < -0.39 is 28.7 Å². The van der Waals surface area contributed by atoms with Gasteiger partial charge in [0.1, 0.15) is 11.6 Å². The molecule has 4 nitrogen and oxygen atoms in total. The van der Waals surface area contributed by atoms with Crippen LogP contribution in [-0.2, 0) is 9.59 Å². The molecule has 2 amide bonds. The van der Waals surface area contributed by atoms with Gasteiger partial charge < -0.3 is 5.73 Å². The highest BCUT2D eigenvalue weighted by Gasteiger charge is 2.41. The predicted octanol–water partition coefficient (Wildman–Crippen LogP) is 2.97. The van der Waals surface area contributed by atoms with E-state index in [1.807, 2.05) is 0 Å². The predicted molar refractivity (Wildman–Crippen MR) is 84.0 cm³/mol. The van der Waals surface area contributed by atoms with Crippen molar-refractivity contribution in [2.45, 2.75) is 16.6 Å². The number of hydrogen-bond donors (Lipinski definition) is 1. The lowest BCUT2D eigenvalue weighted by Crippen LogP contribution is -2.31. The zero-order valence-corrected chi connectivity index (χ0v) is 12.6. The third-order valence-corrected chi connectivity index (χ3v) is 4.72. The quantitative estimate of drug-likeness (QED) is 0.692. The maximum atomic E-state index is 13.9. The van der Waals surface area contributed by atoms with Crippen molar-refractivity contribution in [1.82, 2.24) is 0 Å². The van der Waals surface area contributed by atoms with Crippen molar-refractivity contribution >= 4 is 35.0 Å². The van der Waals surface area contributed by atoms with Crippen LogP contribution in [0.1, 0.15) is 6.42 Å². The molecule has 2 aromatic rings. The molecule has 2 aromatic carbocycles. The van der Waals surface area contributed by atoms with Crippen molar-refractivity contribution in [2.24, 2.45) is 0 Å². The summed E-state index contributed by atoms with van der Waals surface area (Å²) < 4.78 is 26.8. The minimum Gasteiger partial charge on any atom is -0.398 e. The zero-order valence-electron chi connectivity index (χ0n) is 11.8. The Morgan fingerprint density at radius 3 is 2.57 bits per heavy atom. The van der Waals surface area contributed by atoms with Crippen molar-refractivity contribution in [3.05, 3.63) is 54.1 Å². The number of anilines is 2. The van der Waals surface area contributed by atoms with Crippen LogP contribution in [0.4, 0.5) is 20.2 Å². The first kappa shape index (κ1) is 15.5. The number of nitrogen functional groups attached to an aromatic ring is 1. The molecule has 2 N–H and O–H groups in total. The molecular weight excluding hydrogens is 322 g/mol. The Bertz CT molecular complexity index is 797. The van der Waals surface area contributed by atoms with Gasteiger partial charge in [-0.05, 0) is 24.3 Å². The first-order chi connectivity index (χ1) is 11.0. The molecule has 1 fully saturated rings. The molecule has 118 valence electrons.